The molecule has 0 fully saturated rings. The predicted octanol–water partition coefficient (Wildman–Crippen LogP) is 0.347. The van der Waals surface area contributed by atoms with Gasteiger partial charge in [0.15, 0.2) is 0 Å². The zero-order chi connectivity index (χ0) is 14.2. The van der Waals surface area contributed by atoms with E-state index in [1.807, 2.05) is 6.92 Å². The number of rotatable bonds is 3. The molecule has 2 N–H and O–H groups in total. The summed E-state index contributed by atoms with van der Waals surface area (Å²) >= 11 is 0. The van der Waals surface area contributed by atoms with Crippen molar-refractivity contribution < 1.29 is 13.0 Å². The molecule has 0 aliphatic heterocycles. The Morgan fingerprint density at radius 2 is 2.00 bits per heavy atom. The van der Waals surface area contributed by atoms with Crippen molar-refractivity contribution in [3.63, 3.8) is 0 Å². The van der Waals surface area contributed by atoms with E-state index in [1.165, 1.54) is 16.7 Å². The lowest BCUT2D eigenvalue weighted by atomic mass is 10.2. The van der Waals surface area contributed by atoms with E-state index in [9.17, 15) is 18.0 Å². The Kier molecular flexibility index (Phi) is 3.29. The van der Waals surface area contributed by atoms with Crippen LogP contribution in [-0.4, -0.2) is 22.5 Å². The molecule has 0 aliphatic carbocycles. The van der Waals surface area contributed by atoms with Gasteiger partial charge in [-0.2, -0.15) is 8.42 Å². The molecule has 2 rings (SSSR count). The van der Waals surface area contributed by atoms with Gasteiger partial charge in [0, 0.05) is 6.54 Å². The third kappa shape index (κ3) is 2.32. The molecule has 0 unspecified atom stereocenters. The molecular formula is C11H12N2O5S. The van der Waals surface area contributed by atoms with Gasteiger partial charge in [0.2, 0.25) is 0 Å². The normalized spacial score (nSPS) is 11.9. The van der Waals surface area contributed by atoms with Gasteiger partial charge in [0.1, 0.15) is 4.90 Å². The molecule has 0 saturated carbocycles. The number of hydrogen-bond acceptors (Lipinski definition) is 4. The topological polar surface area (TPSA) is 109 Å². The summed E-state index contributed by atoms with van der Waals surface area (Å²) in [5.74, 6) is 0. The van der Waals surface area contributed by atoms with Gasteiger partial charge in [-0.3, -0.25) is 18.9 Å². The van der Waals surface area contributed by atoms with Gasteiger partial charge in [-0.05, 0) is 18.6 Å². The van der Waals surface area contributed by atoms with Gasteiger partial charge >= 0.3 is 5.69 Å². The number of hydrogen-bond donors (Lipinski definition) is 2. The first-order chi connectivity index (χ1) is 8.86. The van der Waals surface area contributed by atoms with Crippen LogP contribution in [0.15, 0.2) is 32.7 Å². The number of aromatic nitrogens is 2. The molecule has 0 saturated heterocycles. The molecule has 0 atom stereocenters. The average molecular weight is 284 g/mol. The fraction of sp³-hybridized carbons (Fsp3) is 0.273. The molecule has 1 aromatic carbocycles. The SMILES string of the molecule is CCCn1c(=O)[nH]c(=O)c2c(S(=O)(=O)O)cccc21. The van der Waals surface area contributed by atoms with E-state index in [-0.39, 0.29) is 10.9 Å². The second-order valence-electron chi connectivity index (χ2n) is 4.04. The molecule has 0 spiro atoms. The Bertz CT molecular complexity index is 847. The Morgan fingerprint density at radius 3 is 2.58 bits per heavy atom. The molecule has 2 aromatic rings. The monoisotopic (exact) mass is 284 g/mol. The molecule has 1 aromatic heterocycles. The number of benzene rings is 1. The number of nitrogens with zero attached hydrogens (tertiary/aromatic N) is 1. The minimum atomic E-state index is -4.53. The maximum Gasteiger partial charge on any atom is 0.328 e. The summed E-state index contributed by atoms with van der Waals surface area (Å²) in [5.41, 5.74) is -1.25. The van der Waals surface area contributed by atoms with Crippen LogP contribution >= 0.6 is 0 Å². The van der Waals surface area contributed by atoms with Gasteiger partial charge in [-0.25, -0.2) is 4.79 Å². The fourth-order valence-corrected chi connectivity index (χ4v) is 2.68. The summed E-state index contributed by atoms with van der Waals surface area (Å²) in [4.78, 5) is 25.0. The van der Waals surface area contributed by atoms with Crippen LogP contribution in [0.2, 0.25) is 0 Å². The van der Waals surface area contributed by atoms with Crippen molar-refractivity contribution >= 4 is 21.0 Å². The van der Waals surface area contributed by atoms with E-state index < -0.39 is 26.3 Å². The first-order valence-electron chi connectivity index (χ1n) is 5.59. The molecule has 0 amide bonds. The van der Waals surface area contributed by atoms with Crippen molar-refractivity contribution in [2.24, 2.45) is 0 Å². The predicted molar refractivity (Wildman–Crippen MR) is 68.9 cm³/mol. The van der Waals surface area contributed by atoms with Gasteiger partial charge < -0.3 is 0 Å². The molecule has 0 aliphatic rings. The Labute approximate surface area is 108 Å². The summed E-state index contributed by atoms with van der Waals surface area (Å²) in [6.07, 6.45) is 0.636. The summed E-state index contributed by atoms with van der Waals surface area (Å²) in [6.45, 7) is 2.18. The molecule has 0 bridgehead atoms. The zero-order valence-corrected chi connectivity index (χ0v) is 10.9. The molecule has 19 heavy (non-hydrogen) atoms. The van der Waals surface area contributed by atoms with Crippen molar-refractivity contribution in [3.8, 4) is 0 Å². The second kappa shape index (κ2) is 4.63. The summed E-state index contributed by atoms with van der Waals surface area (Å²) < 4.78 is 32.9. The molecule has 7 nitrogen and oxygen atoms in total. The first kappa shape index (κ1) is 13.5. The van der Waals surface area contributed by atoms with Crippen LogP contribution in [0.5, 0.6) is 0 Å². The van der Waals surface area contributed by atoms with Gasteiger partial charge in [-0.1, -0.05) is 13.0 Å². The van der Waals surface area contributed by atoms with Crippen molar-refractivity contribution in [1.29, 1.82) is 0 Å². The summed E-state index contributed by atoms with van der Waals surface area (Å²) in [5, 5.41) is -0.210. The number of fused-ring (bicyclic) bond motifs is 1. The van der Waals surface area contributed by atoms with Crippen LogP contribution < -0.4 is 11.2 Å². The van der Waals surface area contributed by atoms with Crippen molar-refractivity contribution in [1.82, 2.24) is 9.55 Å². The highest BCUT2D eigenvalue weighted by Gasteiger charge is 2.18. The standard InChI is InChI=1S/C11H12N2O5S/c1-2-6-13-7-4-3-5-8(19(16,17)18)9(7)10(14)12-11(13)15/h3-5H,2,6H2,1H3,(H,12,14,15)(H,16,17,18). The lowest BCUT2D eigenvalue weighted by Crippen LogP contribution is -2.31. The molecule has 102 valence electrons. The number of nitrogens with one attached hydrogen (secondary N) is 1. The maximum absolute atomic E-state index is 11.8. The van der Waals surface area contributed by atoms with E-state index in [2.05, 4.69) is 4.98 Å². The Morgan fingerprint density at radius 1 is 1.32 bits per heavy atom. The van der Waals surface area contributed by atoms with Gasteiger partial charge in [-0.15, -0.1) is 0 Å². The molecule has 1 heterocycles. The maximum atomic E-state index is 11.8. The average Bonchev–Trinajstić information content (AvgIpc) is 2.32. The largest absolute Gasteiger partial charge is 0.328 e. The molecule has 8 heteroatoms. The number of aryl methyl sites for hydroxylation is 1. The second-order valence-corrected chi connectivity index (χ2v) is 5.43. The van der Waals surface area contributed by atoms with Crippen molar-refractivity contribution in [2.45, 2.75) is 24.8 Å². The van der Waals surface area contributed by atoms with Crippen LogP contribution in [0.3, 0.4) is 0 Å². The van der Waals surface area contributed by atoms with E-state index in [0.717, 1.165) is 6.07 Å². The lowest BCUT2D eigenvalue weighted by Gasteiger charge is -2.09. The van der Waals surface area contributed by atoms with Crippen LogP contribution in [0.25, 0.3) is 10.9 Å². The smallest absolute Gasteiger partial charge is 0.293 e. The van der Waals surface area contributed by atoms with Gasteiger partial charge in [0.05, 0.1) is 10.9 Å². The lowest BCUT2D eigenvalue weighted by molar-refractivity contribution is 0.484. The Balaban J connectivity index is 3.05. The van der Waals surface area contributed by atoms with E-state index in [1.54, 1.807) is 0 Å². The number of H-pyrrole nitrogens is 1. The number of aromatic amines is 1. The quantitative estimate of drug-likeness (QED) is 0.790. The summed E-state index contributed by atoms with van der Waals surface area (Å²) in [6, 6.07) is 3.96. The highest BCUT2D eigenvalue weighted by atomic mass is 32.2. The van der Waals surface area contributed by atoms with Crippen LogP contribution in [0.1, 0.15) is 13.3 Å². The van der Waals surface area contributed by atoms with E-state index in [4.69, 9.17) is 4.55 Å². The van der Waals surface area contributed by atoms with E-state index in [0.29, 0.717) is 13.0 Å². The minimum absolute atomic E-state index is 0.186. The van der Waals surface area contributed by atoms with Crippen LogP contribution in [0.4, 0.5) is 0 Å². The highest BCUT2D eigenvalue weighted by Crippen LogP contribution is 2.18. The first-order valence-corrected chi connectivity index (χ1v) is 7.03. The third-order valence-corrected chi connectivity index (χ3v) is 3.61. The van der Waals surface area contributed by atoms with Crippen LogP contribution in [-0.2, 0) is 16.7 Å². The van der Waals surface area contributed by atoms with E-state index >= 15 is 0 Å². The highest BCUT2D eigenvalue weighted by molar-refractivity contribution is 7.86. The van der Waals surface area contributed by atoms with Crippen molar-refractivity contribution in [3.05, 3.63) is 39.0 Å². The molecular weight excluding hydrogens is 272 g/mol. The van der Waals surface area contributed by atoms with Crippen LogP contribution in [0, 0.1) is 0 Å². The summed E-state index contributed by atoms with van der Waals surface area (Å²) in [7, 11) is -4.53. The van der Waals surface area contributed by atoms with Gasteiger partial charge in [0.25, 0.3) is 15.7 Å². The zero-order valence-electron chi connectivity index (χ0n) is 10.1. The minimum Gasteiger partial charge on any atom is -0.293 e. The third-order valence-electron chi connectivity index (χ3n) is 2.71. The molecule has 0 radical (unpaired) electrons. The fourth-order valence-electron chi connectivity index (χ4n) is 1.97. The van der Waals surface area contributed by atoms with Crippen molar-refractivity contribution in [2.75, 3.05) is 0 Å². The Hall–Kier alpha value is -1.93.